The van der Waals surface area contributed by atoms with Gasteiger partial charge in [-0.05, 0) is 36.0 Å². The SMILES string of the molecule is NC(CCl)c1ccc2c(c1)CCC2. The van der Waals surface area contributed by atoms with Crippen LogP contribution in [0.5, 0.6) is 0 Å². The second-order valence-electron chi connectivity index (χ2n) is 3.64. The minimum Gasteiger partial charge on any atom is -0.323 e. The fourth-order valence-corrected chi connectivity index (χ4v) is 2.09. The van der Waals surface area contributed by atoms with Crippen LogP contribution in [0, 0.1) is 0 Å². The molecule has 2 rings (SSSR count). The molecule has 0 fully saturated rings. The van der Waals surface area contributed by atoms with Gasteiger partial charge in [0.1, 0.15) is 0 Å². The third kappa shape index (κ3) is 1.72. The molecule has 0 aliphatic heterocycles. The van der Waals surface area contributed by atoms with Crippen molar-refractivity contribution in [2.75, 3.05) is 5.88 Å². The minimum atomic E-state index is -0.00688. The lowest BCUT2D eigenvalue weighted by Crippen LogP contribution is -2.11. The van der Waals surface area contributed by atoms with Crippen LogP contribution in [0.1, 0.15) is 29.2 Å². The summed E-state index contributed by atoms with van der Waals surface area (Å²) < 4.78 is 0. The van der Waals surface area contributed by atoms with Crippen molar-refractivity contribution in [3.8, 4) is 0 Å². The fourth-order valence-electron chi connectivity index (χ4n) is 1.91. The molecule has 1 unspecified atom stereocenters. The van der Waals surface area contributed by atoms with E-state index < -0.39 is 0 Å². The van der Waals surface area contributed by atoms with Crippen LogP contribution in [0.3, 0.4) is 0 Å². The molecule has 1 nitrogen and oxygen atoms in total. The molecule has 70 valence electrons. The molecule has 1 aliphatic carbocycles. The second-order valence-corrected chi connectivity index (χ2v) is 3.95. The molecular formula is C11H14ClN. The van der Waals surface area contributed by atoms with E-state index >= 15 is 0 Å². The smallest absolute Gasteiger partial charge is 0.0432 e. The molecule has 2 N–H and O–H groups in total. The number of aryl methyl sites for hydroxylation is 2. The Morgan fingerprint density at radius 2 is 2.08 bits per heavy atom. The van der Waals surface area contributed by atoms with Gasteiger partial charge in [-0.15, -0.1) is 11.6 Å². The molecule has 0 heterocycles. The van der Waals surface area contributed by atoms with Crippen LogP contribution in [0.4, 0.5) is 0 Å². The number of benzene rings is 1. The van der Waals surface area contributed by atoms with Gasteiger partial charge in [0.2, 0.25) is 0 Å². The summed E-state index contributed by atoms with van der Waals surface area (Å²) in [4.78, 5) is 0. The number of fused-ring (bicyclic) bond motifs is 1. The number of alkyl halides is 1. The van der Waals surface area contributed by atoms with Crippen molar-refractivity contribution in [3.05, 3.63) is 34.9 Å². The second kappa shape index (κ2) is 3.69. The van der Waals surface area contributed by atoms with Crippen molar-refractivity contribution >= 4 is 11.6 Å². The molecule has 1 aromatic carbocycles. The summed E-state index contributed by atoms with van der Waals surface area (Å²) >= 11 is 5.71. The number of rotatable bonds is 2. The van der Waals surface area contributed by atoms with E-state index in [-0.39, 0.29) is 6.04 Å². The molecule has 1 aromatic rings. The van der Waals surface area contributed by atoms with Gasteiger partial charge in [-0.3, -0.25) is 0 Å². The van der Waals surface area contributed by atoms with Crippen LogP contribution in [0.25, 0.3) is 0 Å². The predicted molar refractivity (Wildman–Crippen MR) is 56.1 cm³/mol. The Bertz CT molecular complexity index is 309. The first-order chi connectivity index (χ1) is 6.31. The van der Waals surface area contributed by atoms with Gasteiger partial charge in [0.15, 0.2) is 0 Å². The molecule has 0 saturated heterocycles. The third-order valence-corrected chi connectivity index (χ3v) is 3.05. The topological polar surface area (TPSA) is 26.0 Å². The van der Waals surface area contributed by atoms with Crippen LogP contribution in [-0.4, -0.2) is 5.88 Å². The molecule has 0 aromatic heterocycles. The Hall–Kier alpha value is -0.530. The van der Waals surface area contributed by atoms with Crippen molar-refractivity contribution < 1.29 is 0 Å². The number of halogens is 1. The number of hydrogen-bond acceptors (Lipinski definition) is 1. The number of hydrogen-bond donors (Lipinski definition) is 1. The molecular weight excluding hydrogens is 182 g/mol. The van der Waals surface area contributed by atoms with E-state index in [9.17, 15) is 0 Å². The van der Waals surface area contributed by atoms with E-state index in [0.29, 0.717) is 5.88 Å². The van der Waals surface area contributed by atoms with Gasteiger partial charge < -0.3 is 5.73 Å². The first-order valence-corrected chi connectivity index (χ1v) is 5.28. The van der Waals surface area contributed by atoms with Gasteiger partial charge >= 0.3 is 0 Å². The van der Waals surface area contributed by atoms with Crippen LogP contribution < -0.4 is 5.73 Å². The zero-order chi connectivity index (χ0) is 9.26. The quantitative estimate of drug-likeness (QED) is 0.721. The Labute approximate surface area is 83.9 Å². The standard InChI is InChI=1S/C11H14ClN/c12-7-11(13)10-5-4-8-2-1-3-9(8)6-10/h4-6,11H,1-3,7,13H2. The van der Waals surface area contributed by atoms with E-state index in [2.05, 4.69) is 18.2 Å². The first-order valence-electron chi connectivity index (χ1n) is 4.74. The maximum absolute atomic E-state index is 5.86. The average Bonchev–Trinajstić information content (AvgIpc) is 2.63. The normalized spacial score (nSPS) is 17.1. The van der Waals surface area contributed by atoms with Gasteiger partial charge in [-0.2, -0.15) is 0 Å². The Morgan fingerprint density at radius 1 is 1.31 bits per heavy atom. The van der Waals surface area contributed by atoms with Gasteiger partial charge in [-0.1, -0.05) is 18.2 Å². The Balaban J connectivity index is 2.30. The van der Waals surface area contributed by atoms with Crippen molar-refractivity contribution in [3.63, 3.8) is 0 Å². The summed E-state index contributed by atoms with van der Waals surface area (Å²) in [5.74, 6) is 0.499. The molecule has 0 bridgehead atoms. The van der Waals surface area contributed by atoms with Gasteiger partial charge in [0, 0.05) is 11.9 Å². The summed E-state index contributed by atoms with van der Waals surface area (Å²) in [6.45, 7) is 0. The molecule has 2 heteroatoms. The highest BCUT2D eigenvalue weighted by Gasteiger charge is 2.12. The van der Waals surface area contributed by atoms with Crippen LogP contribution >= 0.6 is 11.6 Å². The minimum absolute atomic E-state index is 0.00688. The summed E-state index contributed by atoms with van der Waals surface area (Å²) in [6, 6.07) is 6.52. The van der Waals surface area contributed by atoms with E-state index in [0.717, 1.165) is 0 Å². The van der Waals surface area contributed by atoms with Crippen LogP contribution in [0.15, 0.2) is 18.2 Å². The molecule has 0 amide bonds. The summed E-state index contributed by atoms with van der Waals surface area (Å²) in [7, 11) is 0. The largest absolute Gasteiger partial charge is 0.323 e. The Kier molecular flexibility index (Phi) is 2.56. The lowest BCUT2D eigenvalue weighted by atomic mass is 10.0. The van der Waals surface area contributed by atoms with Gasteiger partial charge in [0.05, 0.1) is 0 Å². The molecule has 13 heavy (non-hydrogen) atoms. The Morgan fingerprint density at radius 3 is 2.85 bits per heavy atom. The summed E-state index contributed by atoms with van der Waals surface area (Å²) in [6.07, 6.45) is 3.72. The van der Waals surface area contributed by atoms with E-state index in [4.69, 9.17) is 17.3 Å². The van der Waals surface area contributed by atoms with Crippen molar-refractivity contribution in [1.29, 1.82) is 0 Å². The molecule has 1 atom stereocenters. The third-order valence-electron chi connectivity index (χ3n) is 2.72. The summed E-state index contributed by atoms with van der Waals surface area (Å²) in [5.41, 5.74) is 9.99. The zero-order valence-corrected chi connectivity index (χ0v) is 8.35. The van der Waals surface area contributed by atoms with E-state index in [1.807, 2.05) is 0 Å². The molecule has 1 aliphatic rings. The lowest BCUT2D eigenvalue weighted by Gasteiger charge is -2.09. The molecule has 0 spiro atoms. The van der Waals surface area contributed by atoms with E-state index in [1.54, 1.807) is 0 Å². The fraction of sp³-hybridized carbons (Fsp3) is 0.455. The molecule has 0 saturated carbocycles. The summed E-state index contributed by atoms with van der Waals surface area (Å²) in [5, 5.41) is 0. The van der Waals surface area contributed by atoms with Crippen molar-refractivity contribution in [2.24, 2.45) is 5.73 Å². The monoisotopic (exact) mass is 195 g/mol. The highest BCUT2D eigenvalue weighted by atomic mass is 35.5. The van der Waals surface area contributed by atoms with Crippen molar-refractivity contribution in [1.82, 2.24) is 0 Å². The number of nitrogens with two attached hydrogens (primary N) is 1. The van der Waals surface area contributed by atoms with Crippen LogP contribution in [0.2, 0.25) is 0 Å². The maximum atomic E-state index is 5.86. The van der Waals surface area contributed by atoms with Gasteiger partial charge in [0.25, 0.3) is 0 Å². The molecule has 0 radical (unpaired) electrons. The highest BCUT2D eigenvalue weighted by molar-refractivity contribution is 6.18. The van der Waals surface area contributed by atoms with Crippen molar-refractivity contribution in [2.45, 2.75) is 25.3 Å². The maximum Gasteiger partial charge on any atom is 0.0432 e. The van der Waals surface area contributed by atoms with E-state index in [1.165, 1.54) is 36.0 Å². The van der Waals surface area contributed by atoms with Gasteiger partial charge in [-0.25, -0.2) is 0 Å². The first kappa shape index (κ1) is 9.04. The average molecular weight is 196 g/mol. The zero-order valence-electron chi connectivity index (χ0n) is 7.59. The van der Waals surface area contributed by atoms with Crippen LogP contribution in [-0.2, 0) is 12.8 Å². The lowest BCUT2D eigenvalue weighted by molar-refractivity contribution is 0.823. The predicted octanol–water partition coefficient (Wildman–Crippen LogP) is 2.41. The highest BCUT2D eigenvalue weighted by Crippen LogP contribution is 2.24.